The van der Waals surface area contributed by atoms with Crippen LogP contribution in [0.3, 0.4) is 0 Å². The molecule has 0 saturated carbocycles. The van der Waals surface area contributed by atoms with Gasteiger partial charge in [-0.3, -0.25) is 0 Å². The van der Waals surface area contributed by atoms with Gasteiger partial charge in [0.1, 0.15) is 0 Å². The molecule has 1 nitrogen and oxygen atoms in total. The third-order valence-corrected chi connectivity index (χ3v) is 0.742. The van der Waals surface area contributed by atoms with Gasteiger partial charge in [-0.1, -0.05) is 0 Å². The molecule has 0 aliphatic rings. The molecule has 0 N–H and O–H groups in total. The van der Waals surface area contributed by atoms with Crippen molar-refractivity contribution in [1.82, 2.24) is 0 Å². The van der Waals surface area contributed by atoms with Crippen molar-refractivity contribution in [3.63, 3.8) is 0 Å². The Bertz CT molecular complexity index is 109. The normalized spacial score (nSPS) is 6.73. The molecule has 0 spiro atoms. The van der Waals surface area contributed by atoms with Crippen LogP contribution in [-0.2, 0) is 0 Å². The van der Waals surface area contributed by atoms with Gasteiger partial charge >= 0.3 is 56.6 Å². The summed E-state index contributed by atoms with van der Waals surface area (Å²) in [5.74, 6) is 0. The van der Waals surface area contributed by atoms with E-state index in [0.717, 1.165) is 0 Å². The predicted octanol–water partition coefficient (Wildman–Crippen LogP) is -8.49. The Kier molecular flexibility index (Phi) is 22.6. The summed E-state index contributed by atoms with van der Waals surface area (Å²) in [7, 11) is 0. The minimum atomic E-state index is -0.991. The van der Waals surface area contributed by atoms with Gasteiger partial charge in [0.05, 0.1) is 0 Å². The molecule has 0 aromatic heterocycles. The van der Waals surface area contributed by atoms with E-state index in [9.17, 15) is 5.11 Å². The molecule has 4 heteroatoms. The Balaban J connectivity index is -0.0000000817. The van der Waals surface area contributed by atoms with E-state index in [4.69, 9.17) is 0 Å². The van der Waals surface area contributed by atoms with E-state index < -0.39 is 6.10 Å². The molecule has 0 rings (SSSR count). The first-order chi connectivity index (χ1) is 3.55. The molecular formula is C7H9Li3O. The summed E-state index contributed by atoms with van der Waals surface area (Å²) in [4.78, 5) is 0. The second-order valence-corrected chi connectivity index (χ2v) is 1.70. The van der Waals surface area contributed by atoms with Gasteiger partial charge < -0.3 is 5.11 Å². The Hall–Kier alpha value is 0.972. The standard InChI is InChI=1S/C7H9O.3Li/c1-5(2)7(8)6(3)4;;;/h7H,1-4H2;;;/q-3;3*+1. The molecule has 0 atom stereocenters. The molecule has 0 aromatic rings. The van der Waals surface area contributed by atoms with E-state index in [-0.39, 0.29) is 56.6 Å². The zero-order chi connectivity index (χ0) is 6.73. The third-order valence-electron chi connectivity index (χ3n) is 0.742. The average Bonchev–Trinajstić information content (AvgIpc) is 1.64. The van der Waals surface area contributed by atoms with Crippen molar-refractivity contribution < 1.29 is 61.7 Å². The van der Waals surface area contributed by atoms with Crippen LogP contribution in [0.1, 0.15) is 0 Å². The molecule has 0 aliphatic carbocycles. The summed E-state index contributed by atoms with van der Waals surface area (Å²) in [5.41, 5.74) is 0.648. The van der Waals surface area contributed by atoms with E-state index in [1.807, 2.05) is 0 Å². The Morgan fingerprint density at radius 3 is 1.18 bits per heavy atom. The first-order valence-electron chi connectivity index (χ1n) is 2.23. The summed E-state index contributed by atoms with van der Waals surface area (Å²) >= 11 is 0. The van der Waals surface area contributed by atoms with Crippen molar-refractivity contribution in [2.24, 2.45) is 0 Å². The van der Waals surface area contributed by atoms with Gasteiger partial charge in [-0.25, -0.2) is 38.2 Å². The van der Waals surface area contributed by atoms with Crippen molar-refractivity contribution in [3.8, 4) is 0 Å². The third kappa shape index (κ3) is 11.0. The number of rotatable bonds is 2. The first kappa shape index (κ1) is 22.7. The molecule has 46 valence electrons. The van der Waals surface area contributed by atoms with E-state index in [0.29, 0.717) is 11.1 Å². The van der Waals surface area contributed by atoms with Gasteiger partial charge in [0.25, 0.3) is 0 Å². The zero-order valence-electron chi connectivity index (χ0n) is 7.81. The fourth-order valence-corrected chi connectivity index (χ4v) is 0.289. The van der Waals surface area contributed by atoms with E-state index in [1.54, 1.807) is 0 Å². The van der Waals surface area contributed by atoms with Gasteiger partial charge in [-0.2, -0.15) is 0 Å². The van der Waals surface area contributed by atoms with Crippen LogP contribution in [0.25, 0.3) is 0 Å². The fraction of sp³-hybridized carbons (Fsp3) is 0.143. The first-order valence-corrected chi connectivity index (χ1v) is 2.23. The quantitative estimate of drug-likeness (QED) is 0.269. The summed E-state index contributed by atoms with van der Waals surface area (Å²) in [6.45, 7) is 13.4. The van der Waals surface area contributed by atoms with Crippen LogP contribution in [0.4, 0.5) is 0 Å². The molecule has 0 fully saturated rings. The van der Waals surface area contributed by atoms with Crippen molar-refractivity contribution in [3.05, 3.63) is 38.2 Å². The largest absolute Gasteiger partial charge is 1.00 e. The molecule has 0 bridgehead atoms. The zero-order valence-corrected chi connectivity index (χ0v) is 7.81. The van der Waals surface area contributed by atoms with Gasteiger partial charge in [0.2, 0.25) is 0 Å². The Morgan fingerprint density at radius 2 is 1.18 bits per heavy atom. The second-order valence-electron chi connectivity index (χ2n) is 1.70. The molecule has 0 unspecified atom stereocenters. The van der Waals surface area contributed by atoms with Gasteiger partial charge in [-0.15, -0.1) is 6.10 Å². The molecule has 0 amide bonds. The van der Waals surface area contributed by atoms with Crippen LogP contribution in [0, 0.1) is 13.8 Å². The van der Waals surface area contributed by atoms with Crippen LogP contribution >= 0.6 is 0 Å². The van der Waals surface area contributed by atoms with E-state index >= 15 is 0 Å². The van der Waals surface area contributed by atoms with E-state index in [2.05, 4.69) is 27.0 Å². The smallest absolute Gasteiger partial charge is 0.849 e. The maximum atomic E-state index is 10.6. The van der Waals surface area contributed by atoms with Crippen LogP contribution in [0.2, 0.25) is 0 Å². The molecular weight excluding hydrogens is 121 g/mol. The van der Waals surface area contributed by atoms with Crippen molar-refractivity contribution >= 4 is 0 Å². The topological polar surface area (TPSA) is 23.1 Å². The maximum Gasteiger partial charge on any atom is 1.00 e. The minimum absolute atomic E-state index is 0. The molecule has 0 aromatic carbocycles. The summed E-state index contributed by atoms with van der Waals surface area (Å²) in [5, 5.41) is 10.6. The maximum absolute atomic E-state index is 10.6. The molecule has 0 heterocycles. The summed E-state index contributed by atoms with van der Waals surface area (Å²) in [6.07, 6.45) is -0.991. The molecule has 0 aliphatic heterocycles. The fourth-order valence-electron chi connectivity index (χ4n) is 0.289. The minimum Gasteiger partial charge on any atom is -0.849 e. The SMILES string of the molecule is C=C([CH2-])C([O-])C(=C)[CH2-].[Li+].[Li+].[Li+]. The summed E-state index contributed by atoms with van der Waals surface area (Å²) < 4.78 is 0. The number of hydrogen-bond donors (Lipinski definition) is 0. The monoisotopic (exact) mass is 130 g/mol. The van der Waals surface area contributed by atoms with Crippen LogP contribution in [0.15, 0.2) is 24.3 Å². The molecule has 0 saturated heterocycles. The Labute approximate surface area is 105 Å². The van der Waals surface area contributed by atoms with Gasteiger partial charge in [-0.05, 0) is 0 Å². The van der Waals surface area contributed by atoms with Crippen molar-refractivity contribution in [1.29, 1.82) is 0 Å². The van der Waals surface area contributed by atoms with E-state index in [1.165, 1.54) is 0 Å². The van der Waals surface area contributed by atoms with Crippen molar-refractivity contribution in [2.75, 3.05) is 0 Å². The average molecular weight is 130 g/mol. The molecule has 11 heavy (non-hydrogen) atoms. The predicted molar refractivity (Wildman–Crippen MR) is 32.8 cm³/mol. The summed E-state index contributed by atoms with van der Waals surface area (Å²) in [6, 6.07) is 0. The van der Waals surface area contributed by atoms with Crippen LogP contribution in [-0.4, -0.2) is 6.10 Å². The molecule has 0 radical (unpaired) electrons. The van der Waals surface area contributed by atoms with Crippen LogP contribution in [0.5, 0.6) is 0 Å². The van der Waals surface area contributed by atoms with Gasteiger partial charge in [0, 0.05) is 0 Å². The van der Waals surface area contributed by atoms with Gasteiger partial charge in [0.15, 0.2) is 0 Å². The van der Waals surface area contributed by atoms with Crippen molar-refractivity contribution in [2.45, 2.75) is 6.10 Å². The number of hydrogen-bond acceptors (Lipinski definition) is 1. The Morgan fingerprint density at radius 1 is 1.00 bits per heavy atom. The second kappa shape index (κ2) is 11.0. The van der Waals surface area contributed by atoms with Crippen LogP contribution < -0.4 is 61.7 Å².